The van der Waals surface area contributed by atoms with Crippen molar-refractivity contribution in [3.8, 4) is 0 Å². The number of amides is 1. The molecule has 2 atom stereocenters. The van der Waals surface area contributed by atoms with Crippen LogP contribution in [0, 0.1) is 0 Å². The van der Waals surface area contributed by atoms with Crippen LogP contribution in [0.4, 0.5) is 0 Å². The fourth-order valence-corrected chi connectivity index (χ4v) is 9.16. The van der Waals surface area contributed by atoms with Gasteiger partial charge >= 0.3 is 5.97 Å². The van der Waals surface area contributed by atoms with E-state index in [2.05, 4.69) is 43.5 Å². The molecule has 0 aliphatic heterocycles. The van der Waals surface area contributed by atoms with Crippen LogP contribution in [-0.2, 0) is 14.3 Å². The van der Waals surface area contributed by atoms with Crippen molar-refractivity contribution in [2.45, 2.75) is 334 Å². The minimum atomic E-state index is -0.668. The highest BCUT2D eigenvalue weighted by Crippen LogP contribution is 2.17. The average Bonchev–Trinajstić information content (AvgIpc) is 3.32. The first-order chi connectivity index (χ1) is 32.5. The number of unbranched alkanes of at least 4 members (excludes halogenated alkanes) is 40. The van der Waals surface area contributed by atoms with Gasteiger partial charge in [0.2, 0.25) is 5.91 Å². The van der Waals surface area contributed by atoms with E-state index in [4.69, 9.17) is 4.74 Å². The normalized spacial score (nSPS) is 12.7. The summed E-state index contributed by atoms with van der Waals surface area (Å²) in [6.07, 6.45) is 67.5. The molecule has 0 saturated heterocycles. The lowest BCUT2D eigenvalue weighted by atomic mass is 10.0. The van der Waals surface area contributed by atoms with Crippen LogP contribution >= 0.6 is 0 Å². The van der Waals surface area contributed by atoms with Crippen molar-refractivity contribution in [1.29, 1.82) is 0 Å². The summed E-state index contributed by atoms with van der Waals surface area (Å²) in [6.45, 7) is 4.94. The fraction of sp³-hybridized carbons (Fsp3) is 0.900. The van der Waals surface area contributed by atoms with Gasteiger partial charge < -0.3 is 20.3 Å². The van der Waals surface area contributed by atoms with E-state index in [1.807, 2.05) is 0 Å². The van der Waals surface area contributed by atoms with Gasteiger partial charge in [0, 0.05) is 12.8 Å². The van der Waals surface area contributed by atoms with Crippen molar-refractivity contribution in [2.75, 3.05) is 13.2 Å². The van der Waals surface area contributed by atoms with E-state index in [0.29, 0.717) is 25.9 Å². The number of hydrogen-bond donors (Lipinski definition) is 3. The first-order valence-corrected chi connectivity index (χ1v) is 29.6. The van der Waals surface area contributed by atoms with Crippen LogP contribution in [0.15, 0.2) is 24.3 Å². The van der Waals surface area contributed by atoms with E-state index in [0.717, 1.165) is 44.9 Å². The summed E-state index contributed by atoms with van der Waals surface area (Å²) < 4.78 is 5.48. The van der Waals surface area contributed by atoms with Crippen molar-refractivity contribution in [2.24, 2.45) is 0 Å². The second-order valence-electron chi connectivity index (χ2n) is 20.3. The van der Waals surface area contributed by atoms with Crippen LogP contribution in [0.3, 0.4) is 0 Å². The number of hydrogen-bond acceptors (Lipinski definition) is 5. The van der Waals surface area contributed by atoms with E-state index >= 15 is 0 Å². The number of carbonyl (C=O) groups is 2. The maximum atomic E-state index is 12.4. The molecule has 0 heterocycles. The fourth-order valence-electron chi connectivity index (χ4n) is 9.16. The molecule has 0 bridgehead atoms. The molecule has 0 aliphatic carbocycles. The third-order valence-electron chi connectivity index (χ3n) is 13.7. The van der Waals surface area contributed by atoms with Crippen molar-refractivity contribution in [3.63, 3.8) is 0 Å². The molecular formula is C60H115NO5. The van der Waals surface area contributed by atoms with E-state index in [1.165, 1.54) is 244 Å². The Morgan fingerprint density at radius 2 is 0.712 bits per heavy atom. The molecule has 0 saturated carbocycles. The Morgan fingerprint density at radius 3 is 1.08 bits per heavy atom. The molecule has 0 aromatic carbocycles. The van der Waals surface area contributed by atoms with Gasteiger partial charge in [0.05, 0.1) is 25.4 Å². The second-order valence-corrected chi connectivity index (χ2v) is 20.3. The van der Waals surface area contributed by atoms with Gasteiger partial charge in [0.1, 0.15) is 0 Å². The summed E-state index contributed by atoms with van der Waals surface area (Å²) >= 11 is 0. The summed E-state index contributed by atoms with van der Waals surface area (Å²) in [5, 5.41) is 23.2. The van der Waals surface area contributed by atoms with E-state index in [-0.39, 0.29) is 18.5 Å². The molecule has 3 N–H and O–H groups in total. The van der Waals surface area contributed by atoms with E-state index in [9.17, 15) is 19.8 Å². The van der Waals surface area contributed by atoms with Crippen LogP contribution in [0.2, 0.25) is 0 Å². The van der Waals surface area contributed by atoms with Crippen molar-refractivity contribution in [3.05, 3.63) is 24.3 Å². The lowest BCUT2D eigenvalue weighted by molar-refractivity contribution is -0.143. The minimum Gasteiger partial charge on any atom is -0.466 e. The maximum Gasteiger partial charge on any atom is 0.305 e. The van der Waals surface area contributed by atoms with Gasteiger partial charge in [-0.25, -0.2) is 0 Å². The lowest BCUT2D eigenvalue weighted by Crippen LogP contribution is -2.45. The molecule has 0 rings (SSSR count). The maximum absolute atomic E-state index is 12.4. The van der Waals surface area contributed by atoms with Crippen LogP contribution in [0.25, 0.3) is 0 Å². The highest BCUT2D eigenvalue weighted by molar-refractivity contribution is 5.76. The Bertz CT molecular complexity index is 1030. The molecule has 6 heteroatoms. The topological polar surface area (TPSA) is 95.9 Å². The van der Waals surface area contributed by atoms with Gasteiger partial charge in [-0.1, -0.05) is 256 Å². The molecular weight excluding hydrogens is 815 g/mol. The van der Waals surface area contributed by atoms with Gasteiger partial charge in [-0.3, -0.25) is 9.59 Å². The quantitative estimate of drug-likeness (QED) is 0.0321. The largest absolute Gasteiger partial charge is 0.466 e. The zero-order chi connectivity index (χ0) is 47.9. The molecule has 0 spiro atoms. The van der Waals surface area contributed by atoms with Gasteiger partial charge in [0.15, 0.2) is 0 Å². The Kier molecular flexibility index (Phi) is 54.5. The minimum absolute atomic E-state index is 0.000976. The van der Waals surface area contributed by atoms with Crippen LogP contribution < -0.4 is 5.32 Å². The van der Waals surface area contributed by atoms with Crippen molar-refractivity contribution < 1.29 is 24.5 Å². The number of allylic oxidation sites excluding steroid dienone is 4. The second kappa shape index (κ2) is 55.9. The number of rotatable bonds is 55. The number of ether oxygens (including phenoxy) is 1. The van der Waals surface area contributed by atoms with Crippen LogP contribution in [0.5, 0.6) is 0 Å². The van der Waals surface area contributed by atoms with E-state index in [1.54, 1.807) is 0 Å². The predicted octanol–water partition coefficient (Wildman–Crippen LogP) is 18.2. The Labute approximate surface area is 411 Å². The zero-order valence-corrected chi connectivity index (χ0v) is 44.4. The molecule has 6 nitrogen and oxygen atoms in total. The Hall–Kier alpha value is -1.66. The third kappa shape index (κ3) is 51.7. The first-order valence-electron chi connectivity index (χ1n) is 29.6. The lowest BCUT2D eigenvalue weighted by Gasteiger charge is -2.22. The summed E-state index contributed by atoms with van der Waals surface area (Å²) in [5.74, 6) is -0.0418. The first kappa shape index (κ1) is 64.3. The molecule has 0 aromatic heterocycles. The number of carbonyl (C=O) groups excluding carboxylic acids is 2. The molecule has 390 valence electrons. The predicted molar refractivity (Wildman–Crippen MR) is 287 cm³/mol. The van der Waals surface area contributed by atoms with Crippen molar-refractivity contribution in [1.82, 2.24) is 5.32 Å². The third-order valence-corrected chi connectivity index (χ3v) is 13.7. The molecule has 0 aliphatic rings. The highest BCUT2D eigenvalue weighted by Gasteiger charge is 2.20. The summed E-state index contributed by atoms with van der Waals surface area (Å²) in [5.41, 5.74) is 0. The molecule has 0 radical (unpaired) electrons. The van der Waals surface area contributed by atoms with Gasteiger partial charge in [-0.15, -0.1) is 0 Å². The van der Waals surface area contributed by atoms with Gasteiger partial charge in [0.25, 0.3) is 0 Å². The molecule has 0 aromatic rings. The molecule has 66 heavy (non-hydrogen) atoms. The zero-order valence-electron chi connectivity index (χ0n) is 44.4. The van der Waals surface area contributed by atoms with Gasteiger partial charge in [-0.05, 0) is 77.0 Å². The summed E-state index contributed by atoms with van der Waals surface area (Å²) in [4.78, 5) is 24.5. The number of aliphatic hydroxyl groups is 2. The number of nitrogens with one attached hydrogen (secondary N) is 1. The number of aliphatic hydroxyl groups excluding tert-OH is 2. The smallest absolute Gasteiger partial charge is 0.305 e. The van der Waals surface area contributed by atoms with Gasteiger partial charge in [-0.2, -0.15) is 0 Å². The molecule has 0 fully saturated rings. The van der Waals surface area contributed by atoms with E-state index < -0.39 is 12.1 Å². The monoisotopic (exact) mass is 930 g/mol. The Morgan fingerprint density at radius 1 is 0.409 bits per heavy atom. The van der Waals surface area contributed by atoms with Crippen LogP contribution in [0.1, 0.15) is 322 Å². The molecule has 1 amide bonds. The SMILES string of the molecule is CCCCCCCCC/C=C\CCCCCCCC(=O)OCCCCCCCCCCCC/C=C\CCCCCCCCCC(=O)NC(CO)C(O)CCCCCCCCCCCCCC. The average molecular weight is 931 g/mol. The summed E-state index contributed by atoms with van der Waals surface area (Å²) in [6, 6.07) is -0.546. The Balaban J connectivity index is 3.41. The number of esters is 1. The summed E-state index contributed by atoms with van der Waals surface area (Å²) in [7, 11) is 0. The standard InChI is InChI=1S/C60H115NO5/c1-3-5-7-9-11-13-15-17-18-27-30-34-38-42-46-50-54-60(65)66-55-51-47-43-39-35-31-28-25-23-21-19-20-22-24-26-29-33-37-41-45-49-53-59(64)61-57(56-62)58(63)52-48-44-40-36-32-16-14-12-10-8-6-4-2/h18,20,22,27,57-58,62-63H,3-17,19,21,23-26,28-56H2,1-2H3,(H,61,64)/b22-20-,27-18-. The molecule has 2 unspecified atom stereocenters. The van der Waals surface area contributed by atoms with Crippen molar-refractivity contribution >= 4 is 11.9 Å². The van der Waals surface area contributed by atoms with Crippen LogP contribution in [-0.4, -0.2) is 47.4 Å². The highest BCUT2D eigenvalue weighted by atomic mass is 16.5.